The van der Waals surface area contributed by atoms with Crippen molar-refractivity contribution in [3.63, 3.8) is 0 Å². The highest BCUT2D eigenvalue weighted by Crippen LogP contribution is 2.22. The van der Waals surface area contributed by atoms with Crippen molar-refractivity contribution in [3.05, 3.63) is 35.4 Å². The first-order valence-electron chi connectivity index (χ1n) is 7.12. The molecule has 0 aliphatic carbocycles. The van der Waals surface area contributed by atoms with Gasteiger partial charge in [-0.05, 0) is 24.3 Å². The van der Waals surface area contributed by atoms with E-state index in [9.17, 15) is 18.3 Å². The van der Waals surface area contributed by atoms with Crippen molar-refractivity contribution in [3.8, 4) is 6.07 Å². The number of aliphatic hydroxyl groups is 1. The molecular formula is C15H19N3O4S. The highest BCUT2D eigenvalue weighted by molar-refractivity contribution is 7.89. The normalized spacial score (nSPS) is 21.4. The number of likely N-dealkylation sites (tertiary alicyclic amines) is 1. The second kappa shape index (κ2) is 6.66. The van der Waals surface area contributed by atoms with Gasteiger partial charge in [-0.25, -0.2) is 12.7 Å². The van der Waals surface area contributed by atoms with Crippen LogP contribution in [0.4, 0.5) is 0 Å². The summed E-state index contributed by atoms with van der Waals surface area (Å²) in [6.07, 6.45) is -0.868. The van der Waals surface area contributed by atoms with Gasteiger partial charge in [0.15, 0.2) is 0 Å². The van der Waals surface area contributed by atoms with Gasteiger partial charge in [0.25, 0.3) is 5.91 Å². The Morgan fingerprint density at radius 3 is 2.48 bits per heavy atom. The van der Waals surface area contributed by atoms with Gasteiger partial charge >= 0.3 is 0 Å². The lowest BCUT2D eigenvalue weighted by Crippen LogP contribution is -2.33. The fraction of sp³-hybridized carbons (Fsp3) is 0.467. The van der Waals surface area contributed by atoms with Gasteiger partial charge < -0.3 is 10.0 Å². The molecule has 1 aromatic carbocycles. The number of hydrogen-bond acceptors (Lipinski definition) is 5. The molecule has 8 heteroatoms. The maximum atomic E-state index is 12.4. The first-order valence-corrected chi connectivity index (χ1v) is 8.73. The summed E-state index contributed by atoms with van der Waals surface area (Å²) in [7, 11) is -0.556. The lowest BCUT2D eigenvalue weighted by atomic mass is 10.1. The number of β-amino-alcohol motifs (C(OH)–C–C–N with tert-alkyl or cyclic N) is 1. The van der Waals surface area contributed by atoms with Crippen LogP contribution in [0.3, 0.4) is 0 Å². The number of aliphatic hydroxyl groups excluding tert-OH is 1. The summed E-state index contributed by atoms with van der Waals surface area (Å²) in [6, 6.07) is 8.18. The average Bonchev–Trinajstić information content (AvgIpc) is 2.87. The van der Waals surface area contributed by atoms with Crippen molar-refractivity contribution >= 4 is 15.9 Å². The minimum absolute atomic E-state index is 0.104. The Hall–Kier alpha value is -1.95. The molecule has 1 N–H and O–H groups in total. The van der Waals surface area contributed by atoms with Gasteiger partial charge in [-0.2, -0.15) is 5.26 Å². The molecule has 0 spiro atoms. The molecule has 1 aromatic rings. The molecule has 7 nitrogen and oxygen atoms in total. The van der Waals surface area contributed by atoms with Crippen LogP contribution in [-0.4, -0.2) is 67.7 Å². The number of nitriles is 1. The predicted molar refractivity (Wildman–Crippen MR) is 84.0 cm³/mol. The zero-order chi connectivity index (χ0) is 17.2. The van der Waals surface area contributed by atoms with Crippen molar-refractivity contribution in [1.82, 2.24) is 9.21 Å². The predicted octanol–water partition coefficient (Wildman–Crippen LogP) is -0.117. The summed E-state index contributed by atoms with van der Waals surface area (Å²) >= 11 is 0. The van der Waals surface area contributed by atoms with E-state index in [1.807, 2.05) is 6.07 Å². The molecule has 23 heavy (non-hydrogen) atoms. The van der Waals surface area contributed by atoms with E-state index in [0.29, 0.717) is 11.1 Å². The number of sulfonamides is 1. The number of benzene rings is 1. The SMILES string of the molecule is CN(C)S(=O)(=O)C[C@@H]1CN(C(=O)c2ccc(C#N)cc2)C[C@@H]1O. The summed E-state index contributed by atoms with van der Waals surface area (Å²) < 4.78 is 25.0. The highest BCUT2D eigenvalue weighted by Gasteiger charge is 2.37. The number of carbonyl (C=O) groups is 1. The number of amides is 1. The van der Waals surface area contributed by atoms with E-state index in [2.05, 4.69) is 0 Å². The molecule has 1 amide bonds. The van der Waals surface area contributed by atoms with Crippen LogP contribution in [0.1, 0.15) is 15.9 Å². The van der Waals surface area contributed by atoms with Gasteiger partial charge in [-0.15, -0.1) is 0 Å². The Bertz CT molecular complexity index is 722. The van der Waals surface area contributed by atoms with E-state index in [-0.39, 0.29) is 24.7 Å². The smallest absolute Gasteiger partial charge is 0.253 e. The molecule has 2 rings (SSSR count). The number of nitrogens with zero attached hydrogens (tertiary/aromatic N) is 3. The van der Waals surface area contributed by atoms with Crippen LogP contribution < -0.4 is 0 Å². The standard InChI is InChI=1S/C15H19N3O4S/c1-17(2)23(21,22)10-13-8-18(9-14(13)19)15(20)12-5-3-11(7-16)4-6-12/h3-6,13-14,19H,8-10H2,1-2H3/t13-,14-/m0/s1. The molecule has 2 atom stereocenters. The van der Waals surface area contributed by atoms with Gasteiger partial charge in [0.2, 0.25) is 10.0 Å². The second-order valence-electron chi connectivity index (χ2n) is 5.79. The number of carbonyl (C=O) groups excluding carboxylic acids is 1. The summed E-state index contributed by atoms with van der Waals surface area (Å²) in [5, 5.41) is 18.8. The Morgan fingerprint density at radius 2 is 1.96 bits per heavy atom. The Morgan fingerprint density at radius 1 is 1.35 bits per heavy atom. The maximum absolute atomic E-state index is 12.4. The average molecular weight is 337 g/mol. The zero-order valence-corrected chi connectivity index (χ0v) is 13.8. The van der Waals surface area contributed by atoms with E-state index in [1.165, 1.54) is 19.0 Å². The summed E-state index contributed by atoms with van der Waals surface area (Å²) in [6.45, 7) is 0.291. The Labute approximate surface area is 135 Å². The van der Waals surface area contributed by atoms with E-state index in [1.54, 1.807) is 24.3 Å². The Balaban J connectivity index is 2.08. The van der Waals surface area contributed by atoms with Crippen molar-refractivity contribution in [2.45, 2.75) is 6.10 Å². The highest BCUT2D eigenvalue weighted by atomic mass is 32.2. The molecule has 0 radical (unpaired) electrons. The van der Waals surface area contributed by atoms with E-state index in [0.717, 1.165) is 4.31 Å². The fourth-order valence-electron chi connectivity index (χ4n) is 2.47. The van der Waals surface area contributed by atoms with Crippen molar-refractivity contribution < 1.29 is 18.3 Å². The molecule has 1 saturated heterocycles. The van der Waals surface area contributed by atoms with Crippen LogP contribution in [0, 0.1) is 17.2 Å². The second-order valence-corrected chi connectivity index (χ2v) is 8.02. The molecule has 0 aromatic heterocycles. The molecule has 1 fully saturated rings. The minimum Gasteiger partial charge on any atom is -0.391 e. The van der Waals surface area contributed by atoms with Crippen LogP contribution in [0.15, 0.2) is 24.3 Å². The third kappa shape index (κ3) is 3.88. The van der Waals surface area contributed by atoms with Crippen LogP contribution in [0.25, 0.3) is 0 Å². The number of hydrogen-bond donors (Lipinski definition) is 1. The zero-order valence-electron chi connectivity index (χ0n) is 13.0. The summed E-state index contributed by atoms with van der Waals surface area (Å²) in [5.74, 6) is -0.985. The van der Waals surface area contributed by atoms with Gasteiger partial charge in [-0.1, -0.05) is 0 Å². The van der Waals surface area contributed by atoms with Gasteiger partial charge in [0.1, 0.15) is 0 Å². The number of rotatable bonds is 4. The van der Waals surface area contributed by atoms with Crippen LogP contribution >= 0.6 is 0 Å². The molecule has 0 bridgehead atoms. The first-order chi connectivity index (χ1) is 10.7. The molecule has 124 valence electrons. The first kappa shape index (κ1) is 17.4. The van der Waals surface area contributed by atoms with Gasteiger partial charge in [-0.3, -0.25) is 4.79 Å². The quantitative estimate of drug-likeness (QED) is 0.825. The van der Waals surface area contributed by atoms with Crippen LogP contribution in [-0.2, 0) is 10.0 Å². The minimum atomic E-state index is -3.44. The molecular weight excluding hydrogens is 318 g/mol. The molecule has 1 aliphatic heterocycles. The molecule has 1 heterocycles. The summed E-state index contributed by atoms with van der Waals surface area (Å²) in [5.41, 5.74) is 0.866. The largest absolute Gasteiger partial charge is 0.391 e. The van der Waals surface area contributed by atoms with Crippen molar-refractivity contribution in [1.29, 1.82) is 5.26 Å². The molecule has 1 aliphatic rings. The van der Waals surface area contributed by atoms with Gasteiger partial charge in [0.05, 0.1) is 23.5 Å². The van der Waals surface area contributed by atoms with E-state index in [4.69, 9.17) is 5.26 Å². The fourth-order valence-corrected chi connectivity index (χ4v) is 3.64. The lowest BCUT2D eigenvalue weighted by Gasteiger charge is -2.18. The molecule has 0 unspecified atom stereocenters. The topological polar surface area (TPSA) is 102 Å². The monoisotopic (exact) mass is 337 g/mol. The third-order valence-electron chi connectivity index (χ3n) is 3.94. The van der Waals surface area contributed by atoms with Crippen molar-refractivity contribution in [2.24, 2.45) is 5.92 Å². The van der Waals surface area contributed by atoms with Crippen molar-refractivity contribution in [2.75, 3.05) is 32.9 Å². The van der Waals surface area contributed by atoms with E-state index >= 15 is 0 Å². The maximum Gasteiger partial charge on any atom is 0.253 e. The Kier molecular flexibility index (Phi) is 5.04. The van der Waals surface area contributed by atoms with E-state index < -0.39 is 22.0 Å². The molecule has 0 saturated carbocycles. The lowest BCUT2D eigenvalue weighted by molar-refractivity contribution is 0.0764. The third-order valence-corrected chi connectivity index (χ3v) is 5.90. The van der Waals surface area contributed by atoms with Crippen LogP contribution in [0.2, 0.25) is 0 Å². The van der Waals surface area contributed by atoms with Gasteiger partial charge in [0, 0.05) is 38.7 Å². The van der Waals surface area contributed by atoms with Crippen LogP contribution in [0.5, 0.6) is 0 Å². The summed E-state index contributed by atoms with van der Waals surface area (Å²) in [4.78, 5) is 13.9.